The van der Waals surface area contributed by atoms with Crippen LogP contribution < -0.4 is 4.90 Å². The number of carbonyl (C=O) groups excluding carboxylic acids is 2. The van der Waals surface area contributed by atoms with Gasteiger partial charge < -0.3 is 4.74 Å². The summed E-state index contributed by atoms with van der Waals surface area (Å²) >= 11 is 1.24. The van der Waals surface area contributed by atoms with E-state index >= 15 is 0 Å². The number of anilines is 1. The molecule has 1 aliphatic rings. The number of ether oxygens (including phenoxy) is 1. The highest BCUT2D eigenvalue weighted by Gasteiger charge is 2.36. The molecule has 0 N–H and O–H groups in total. The monoisotopic (exact) mass is 296 g/mol. The molecule has 1 aromatic rings. The first-order chi connectivity index (χ1) is 9.45. The maximum absolute atomic E-state index is 12.3. The van der Waals surface area contributed by atoms with Crippen molar-refractivity contribution < 1.29 is 14.3 Å². The van der Waals surface area contributed by atoms with Gasteiger partial charge in [-0.2, -0.15) is 0 Å². The summed E-state index contributed by atoms with van der Waals surface area (Å²) in [5.41, 5.74) is 0.623. The molecule has 0 aromatic carbocycles. The first kappa shape index (κ1) is 15.0. The Morgan fingerprint density at radius 2 is 2.10 bits per heavy atom. The zero-order valence-electron chi connectivity index (χ0n) is 12.3. The molecule has 0 unspecified atom stereocenters. The molecule has 20 heavy (non-hydrogen) atoms. The summed E-state index contributed by atoms with van der Waals surface area (Å²) in [5.74, 6) is -0.117. The lowest BCUT2D eigenvalue weighted by Gasteiger charge is -2.23. The van der Waals surface area contributed by atoms with Crippen LogP contribution in [0.4, 0.5) is 5.13 Å². The normalized spacial score (nSPS) is 14.4. The molecule has 6 heteroatoms. The van der Waals surface area contributed by atoms with Crippen molar-refractivity contribution in [2.24, 2.45) is 5.92 Å². The second kappa shape index (κ2) is 5.91. The van der Waals surface area contributed by atoms with Gasteiger partial charge in [0, 0.05) is 12.0 Å². The number of esters is 1. The maximum Gasteiger partial charge on any atom is 0.350 e. The third-order valence-electron chi connectivity index (χ3n) is 3.13. The lowest BCUT2D eigenvalue weighted by atomic mass is 10.3. The number of amides is 1. The minimum Gasteiger partial charge on any atom is -0.462 e. The van der Waals surface area contributed by atoms with Crippen LogP contribution in [0.2, 0.25) is 0 Å². The third kappa shape index (κ3) is 3.00. The molecule has 0 atom stereocenters. The minimum atomic E-state index is -0.365. The van der Waals surface area contributed by atoms with Crippen molar-refractivity contribution >= 4 is 28.3 Å². The van der Waals surface area contributed by atoms with Crippen molar-refractivity contribution in [3.63, 3.8) is 0 Å². The quantitative estimate of drug-likeness (QED) is 0.784. The maximum atomic E-state index is 12.3. The van der Waals surface area contributed by atoms with Gasteiger partial charge in [-0.15, -0.1) is 0 Å². The highest BCUT2D eigenvalue weighted by atomic mass is 32.1. The molecule has 1 fully saturated rings. The number of carbonyl (C=O) groups is 2. The van der Waals surface area contributed by atoms with E-state index in [0.29, 0.717) is 22.3 Å². The van der Waals surface area contributed by atoms with Gasteiger partial charge in [0.05, 0.1) is 12.3 Å². The Kier molecular flexibility index (Phi) is 4.42. The van der Waals surface area contributed by atoms with Gasteiger partial charge in [0.2, 0.25) is 5.91 Å². The second-order valence-electron chi connectivity index (χ2n) is 5.21. The predicted molar refractivity (Wildman–Crippen MR) is 78.2 cm³/mol. The summed E-state index contributed by atoms with van der Waals surface area (Å²) in [4.78, 5) is 30.8. The number of aryl methyl sites for hydroxylation is 1. The van der Waals surface area contributed by atoms with E-state index in [4.69, 9.17) is 4.74 Å². The van der Waals surface area contributed by atoms with E-state index in [0.717, 1.165) is 12.8 Å². The summed E-state index contributed by atoms with van der Waals surface area (Å²) in [6.07, 6.45) is 1.91. The van der Waals surface area contributed by atoms with Gasteiger partial charge in [0.1, 0.15) is 4.88 Å². The van der Waals surface area contributed by atoms with Gasteiger partial charge in [0.25, 0.3) is 0 Å². The van der Waals surface area contributed by atoms with Crippen LogP contribution in [-0.2, 0) is 9.53 Å². The van der Waals surface area contributed by atoms with Crippen molar-refractivity contribution in [1.82, 2.24) is 4.98 Å². The van der Waals surface area contributed by atoms with E-state index in [9.17, 15) is 9.59 Å². The Labute approximate surface area is 122 Å². The minimum absolute atomic E-state index is 0.0312. The van der Waals surface area contributed by atoms with Crippen molar-refractivity contribution in [2.75, 3.05) is 11.5 Å². The summed E-state index contributed by atoms with van der Waals surface area (Å²) in [7, 11) is 0. The third-order valence-corrected chi connectivity index (χ3v) is 4.27. The largest absolute Gasteiger partial charge is 0.462 e. The Bertz CT molecular complexity index is 520. The van der Waals surface area contributed by atoms with Gasteiger partial charge in [-0.05, 0) is 40.5 Å². The van der Waals surface area contributed by atoms with Crippen LogP contribution in [0.25, 0.3) is 0 Å². The molecule has 0 radical (unpaired) electrons. The van der Waals surface area contributed by atoms with E-state index < -0.39 is 0 Å². The molecule has 0 aliphatic heterocycles. The molecule has 0 spiro atoms. The average molecular weight is 296 g/mol. The smallest absolute Gasteiger partial charge is 0.350 e. The molecule has 1 aromatic heterocycles. The number of rotatable bonds is 5. The van der Waals surface area contributed by atoms with Crippen molar-refractivity contribution in [3.8, 4) is 0 Å². The molecule has 1 saturated carbocycles. The van der Waals surface area contributed by atoms with Gasteiger partial charge in [-0.1, -0.05) is 11.3 Å². The standard InChI is InChI=1S/C14H20N2O3S/c1-5-19-13(18)11-9(4)15-14(20-11)16(8(2)3)12(17)10-6-7-10/h8,10H,5-7H2,1-4H3. The molecule has 2 rings (SSSR count). The van der Waals surface area contributed by atoms with Crippen LogP contribution in [0.1, 0.15) is 49.0 Å². The Balaban J connectivity index is 2.28. The van der Waals surface area contributed by atoms with Gasteiger partial charge >= 0.3 is 5.97 Å². The molecule has 0 bridgehead atoms. The molecule has 1 aliphatic carbocycles. The first-order valence-electron chi connectivity index (χ1n) is 6.93. The fraction of sp³-hybridized carbons (Fsp3) is 0.643. The lowest BCUT2D eigenvalue weighted by Crippen LogP contribution is -2.38. The van der Waals surface area contributed by atoms with Crippen LogP contribution in [0.5, 0.6) is 0 Å². The number of nitrogens with zero attached hydrogens (tertiary/aromatic N) is 2. The van der Waals surface area contributed by atoms with Crippen LogP contribution in [0, 0.1) is 12.8 Å². The van der Waals surface area contributed by atoms with E-state index in [1.54, 1.807) is 18.7 Å². The van der Waals surface area contributed by atoms with Gasteiger partial charge in [-0.25, -0.2) is 9.78 Å². The number of thiazole rings is 1. The molecule has 1 amide bonds. The van der Waals surface area contributed by atoms with E-state index in [2.05, 4.69) is 4.98 Å². The highest BCUT2D eigenvalue weighted by molar-refractivity contribution is 7.17. The van der Waals surface area contributed by atoms with E-state index in [1.807, 2.05) is 13.8 Å². The van der Waals surface area contributed by atoms with Crippen LogP contribution in [0.3, 0.4) is 0 Å². The van der Waals surface area contributed by atoms with E-state index in [-0.39, 0.29) is 23.8 Å². The van der Waals surface area contributed by atoms with Gasteiger partial charge in [-0.3, -0.25) is 9.69 Å². The second-order valence-corrected chi connectivity index (χ2v) is 6.19. The topological polar surface area (TPSA) is 59.5 Å². The first-order valence-corrected chi connectivity index (χ1v) is 7.75. The van der Waals surface area contributed by atoms with Gasteiger partial charge in [0.15, 0.2) is 5.13 Å². The van der Waals surface area contributed by atoms with Crippen molar-refractivity contribution in [1.29, 1.82) is 0 Å². The Morgan fingerprint density at radius 1 is 1.45 bits per heavy atom. The van der Waals surface area contributed by atoms with E-state index in [1.165, 1.54) is 11.3 Å². The number of aromatic nitrogens is 1. The summed E-state index contributed by atoms with van der Waals surface area (Å²) in [6, 6.07) is 0.0312. The number of hydrogen-bond donors (Lipinski definition) is 0. The Hall–Kier alpha value is -1.43. The summed E-state index contributed by atoms with van der Waals surface area (Å²) in [5, 5.41) is 0.595. The molecular weight excluding hydrogens is 276 g/mol. The zero-order valence-corrected chi connectivity index (χ0v) is 13.1. The molecule has 5 nitrogen and oxygen atoms in total. The Morgan fingerprint density at radius 3 is 2.60 bits per heavy atom. The van der Waals surface area contributed by atoms with Crippen LogP contribution in [0.15, 0.2) is 0 Å². The fourth-order valence-corrected chi connectivity index (χ4v) is 3.07. The van der Waals surface area contributed by atoms with Crippen molar-refractivity contribution in [3.05, 3.63) is 10.6 Å². The van der Waals surface area contributed by atoms with Crippen LogP contribution in [-0.4, -0.2) is 29.5 Å². The number of hydrogen-bond acceptors (Lipinski definition) is 5. The molecule has 110 valence electrons. The summed E-state index contributed by atoms with van der Waals surface area (Å²) < 4.78 is 5.01. The van der Waals surface area contributed by atoms with Crippen LogP contribution >= 0.6 is 11.3 Å². The van der Waals surface area contributed by atoms with Crippen molar-refractivity contribution in [2.45, 2.75) is 46.6 Å². The highest BCUT2D eigenvalue weighted by Crippen LogP contribution is 2.35. The lowest BCUT2D eigenvalue weighted by molar-refractivity contribution is -0.120. The SMILES string of the molecule is CCOC(=O)c1sc(N(C(=O)C2CC2)C(C)C)nc1C. The molecule has 1 heterocycles. The predicted octanol–water partition coefficient (Wildman–Crippen LogP) is 2.78. The average Bonchev–Trinajstić information content (AvgIpc) is 3.14. The zero-order chi connectivity index (χ0) is 14.9. The summed E-state index contributed by atoms with van der Waals surface area (Å²) in [6.45, 7) is 7.79. The molecule has 0 saturated heterocycles. The fourth-order valence-electron chi connectivity index (χ4n) is 1.97. The molecular formula is C14H20N2O3S.